The van der Waals surface area contributed by atoms with Crippen molar-refractivity contribution in [3.63, 3.8) is 0 Å². The number of rotatable bonds is 3. The molecule has 1 aliphatic heterocycles. The predicted octanol–water partition coefficient (Wildman–Crippen LogP) is 5.02. The highest BCUT2D eigenvalue weighted by atomic mass is 35.5. The summed E-state index contributed by atoms with van der Waals surface area (Å²) in [4.78, 5) is 24.2. The molecule has 0 spiro atoms. The van der Waals surface area contributed by atoms with Crippen molar-refractivity contribution in [1.82, 2.24) is 0 Å². The van der Waals surface area contributed by atoms with Crippen molar-refractivity contribution in [2.75, 3.05) is 0 Å². The van der Waals surface area contributed by atoms with E-state index in [4.69, 9.17) is 16.3 Å². The number of allylic oxidation sites excluding steroid dienone is 6. The van der Waals surface area contributed by atoms with Crippen molar-refractivity contribution < 1.29 is 14.3 Å². The molecule has 2 rings (SSSR count). The molecule has 0 N–H and O–H groups in total. The van der Waals surface area contributed by atoms with Gasteiger partial charge in [-0.1, -0.05) is 55.0 Å². The maximum atomic E-state index is 12.2. The Hall–Kier alpha value is -1.61. The minimum Gasteiger partial charge on any atom is -0.462 e. The number of fused-ring (bicyclic) bond motifs is 1. The first-order valence-electron chi connectivity index (χ1n) is 8.73. The van der Waals surface area contributed by atoms with E-state index in [0.717, 1.165) is 31.3 Å². The average Bonchev–Trinajstić information content (AvgIpc) is 2.82. The highest BCUT2D eigenvalue weighted by molar-refractivity contribution is 6.46. The van der Waals surface area contributed by atoms with E-state index in [1.165, 1.54) is 0 Å². The molecule has 0 radical (unpaired) electrons. The lowest BCUT2D eigenvalue weighted by molar-refractivity contribution is -0.148. The second kappa shape index (κ2) is 9.63. The highest BCUT2D eigenvalue weighted by Gasteiger charge is 2.28. The van der Waals surface area contributed by atoms with Crippen LogP contribution in [0.3, 0.4) is 0 Å². The van der Waals surface area contributed by atoms with Crippen molar-refractivity contribution >= 4 is 23.4 Å². The van der Waals surface area contributed by atoms with Gasteiger partial charge in [0.25, 0.3) is 0 Å². The number of ketones is 1. The average molecular weight is 349 g/mol. The molecular formula is C20H25ClO3. The molecule has 0 aromatic rings. The number of ether oxygens (including phenoxy) is 1. The first kappa shape index (κ1) is 18.7. The van der Waals surface area contributed by atoms with Crippen LogP contribution in [-0.4, -0.2) is 17.9 Å². The number of halogens is 1. The van der Waals surface area contributed by atoms with Crippen LogP contribution in [0.5, 0.6) is 0 Å². The smallest absolute Gasteiger partial charge is 0.306 e. The van der Waals surface area contributed by atoms with Gasteiger partial charge in [0.15, 0.2) is 5.78 Å². The summed E-state index contributed by atoms with van der Waals surface area (Å²) in [7, 11) is 0. The molecule has 1 heterocycles. The molecule has 0 unspecified atom stereocenters. The largest absolute Gasteiger partial charge is 0.462 e. The molecule has 0 saturated carbocycles. The fourth-order valence-electron chi connectivity index (χ4n) is 2.92. The zero-order chi connectivity index (χ0) is 17.4. The second-order valence-corrected chi connectivity index (χ2v) is 6.58. The summed E-state index contributed by atoms with van der Waals surface area (Å²) >= 11 is 6.03. The molecular weight excluding hydrogens is 324 g/mol. The molecule has 1 aliphatic carbocycles. The zero-order valence-corrected chi connectivity index (χ0v) is 14.9. The summed E-state index contributed by atoms with van der Waals surface area (Å²) in [5.41, 5.74) is 0.726. The third-order valence-electron chi connectivity index (χ3n) is 4.23. The Morgan fingerprint density at radius 2 is 2.08 bits per heavy atom. The molecule has 0 bridgehead atoms. The van der Waals surface area contributed by atoms with Gasteiger partial charge < -0.3 is 4.74 Å². The van der Waals surface area contributed by atoms with E-state index in [1.807, 2.05) is 18.2 Å². The van der Waals surface area contributed by atoms with Crippen LogP contribution in [0.4, 0.5) is 0 Å². The summed E-state index contributed by atoms with van der Waals surface area (Å²) in [6, 6.07) is 0. The third kappa shape index (κ3) is 5.48. The lowest BCUT2D eigenvalue weighted by atomic mass is 9.96. The predicted molar refractivity (Wildman–Crippen MR) is 96.7 cm³/mol. The minimum atomic E-state index is -0.227. The van der Waals surface area contributed by atoms with Gasteiger partial charge >= 0.3 is 5.97 Å². The topological polar surface area (TPSA) is 43.4 Å². The van der Waals surface area contributed by atoms with E-state index in [0.29, 0.717) is 24.3 Å². The molecule has 0 amide bonds. The van der Waals surface area contributed by atoms with Crippen LogP contribution in [0, 0.1) is 5.92 Å². The molecule has 4 heteroatoms. The van der Waals surface area contributed by atoms with Crippen LogP contribution >= 0.6 is 11.6 Å². The van der Waals surface area contributed by atoms with Crippen molar-refractivity contribution in [3.8, 4) is 0 Å². The number of carbonyl (C=O) groups excluding carboxylic acids is 2. The Labute approximate surface area is 149 Å². The van der Waals surface area contributed by atoms with Crippen molar-refractivity contribution in [2.45, 2.75) is 58.0 Å². The van der Waals surface area contributed by atoms with Crippen molar-refractivity contribution in [2.24, 2.45) is 5.92 Å². The fourth-order valence-corrected chi connectivity index (χ4v) is 3.18. The zero-order valence-electron chi connectivity index (χ0n) is 14.2. The minimum absolute atomic E-state index is 0.0320. The van der Waals surface area contributed by atoms with E-state index in [9.17, 15) is 9.59 Å². The van der Waals surface area contributed by atoms with Crippen LogP contribution in [-0.2, 0) is 14.3 Å². The van der Waals surface area contributed by atoms with Crippen molar-refractivity contribution in [3.05, 3.63) is 47.1 Å². The summed E-state index contributed by atoms with van der Waals surface area (Å²) < 4.78 is 5.60. The Kier molecular flexibility index (Phi) is 7.51. The van der Waals surface area contributed by atoms with E-state index >= 15 is 0 Å². The van der Waals surface area contributed by atoms with Gasteiger partial charge in [0, 0.05) is 30.8 Å². The molecule has 2 aliphatic rings. The number of carbonyl (C=O) groups is 2. The van der Waals surface area contributed by atoms with Crippen LogP contribution in [0.1, 0.15) is 51.9 Å². The molecule has 0 fully saturated rings. The lowest BCUT2D eigenvalue weighted by Crippen LogP contribution is -2.17. The standard InChI is InChI=1S/C20H25ClO3/c1-2-3-6-10-16-12-13-17-15(14-18(21)20(17)23)9-7-4-5-8-11-19(22)24-16/h3-4,6-7,13-16H,2,5,8-12H2,1H3/b6-3-,7-4-,17-13+/t15-,16-/m0/s1. The van der Waals surface area contributed by atoms with E-state index in [-0.39, 0.29) is 23.8 Å². The number of esters is 1. The molecule has 0 aromatic heterocycles. The van der Waals surface area contributed by atoms with Gasteiger partial charge in [-0.25, -0.2) is 0 Å². The quantitative estimate of drug-likeness (QED) is 0.531. The Morgan fingerprint density at radius 1 is 1.25 bits per heavy atom. The summed E-state index contributed by atoms with van der Waals surface area (Å²) in [6.07, 6.45) is 16.7. The molecule has 3 nitrogen and oxygen atoms in total. The van der Waals surface area contributed by atoms with E-state index < -0.39 is 0 Å². The Morgan fingerprint density at radius 3 is 2.88 bits per heavy atom. The van der Waals surface area contributed by atoms with Gasteiger partial charge in [0.05, 0.1) is 5.03 Å². The van der Waals surface area contributed by atoms with Crippen LogP contribution in [0.2, 0.25) is 0 Å². The number of hydrogen-bond acceptors (Lipinski definition) is 3. The Bertz CT molecular complexity index is 584. The van der Waals surface area contributed by atoms with Gasteiger partial charge in [-0.15, -0.1) is 0 Å². The maximum absolute atomic E-state index is 12.2. The SMILES string of the molecule is CC/C=C\C[C@H]1C/C=C2/C(=O)C(Cl)=C[C@@H]2C/C=C\CCCC(=O)O1. The molecule has 0 aromatic carbocycles. The maximum Gasteiger partial charge on any atom is 0.306 e. The summed E-state index contributed by atoms with van der Waals surface area (Å²) in [5.74, 6) is -0.231. The van der Waals surface area contributed by atoms with Crippen LogP contribution in [0.15, 0.2) is 47.1 Å². The number of Topliss-reactive ketones (excluding diaryl/α,β-unsaturated/α-hetero) is 1. The fraction of sp³-hybridized carbons (Fsp3) is 0.500. The summed E-state index contributed by atoms with van der Waals surface area (Å²) in [6.45, 7) is 2.07. The Balaban J connectivity index is 2.17. The number of hydrogen-bond donors (Lipinski definition) is 0. The molecule has 2 atom stereocenters. The molecule has 0 saturated heterocycles. The molecule has 24 heavy (non-hydrogen) atoms. The highest BCUT2D eigenvalue weighted by Crippen LogP contribution is 2.32. The first-order valence-corrected chi connectivity index (χ1v) is 9.11. The lowest BCUT2D eigenvalue weighted by Gasteiger charge is -2.16. The third-order valence-corrected chi connectivity index (χ3v) is 4.53. The number of cyclic esters (lactones) is 1. The monoisotopic (exact) mass is 348 g/mol. The van der Waals surface area contributed by atoms with Crippen LogP contribution < -0.4 is 0 Å². The molecule has 130 valence electrons. The normalized spacial score (nSPS) is 29.6. The van der Waals surface area contributed by atoms with E-state index in [1.54, 1.807) is 0 Å². The van der Waals surface area contributed by atoms with Gasteiger partial charge in [0.2, 0.25) is 0 Å². The summed E-state index contributed by atoms with van der Waals surface area (Å²) in [5, 5.41) is 0.297. The first-order chi connectivity index (χ1) is 11.6. The van der Waals surface area contributed by atoms with Gasteiger partial charge in [-0.2, -0.15) is 0 Å². The van der Waals surface area contributed by atoms with E-state index in [2.05, 4.69) is 25.2 Å². The van der Waals surface area contributed by atoms with Crippen molar-refractivity contribution in [1.29, 1.82) is 0 Å². The van der Waals surface area contributed by atoms with Crippen LogP contribution in [0.25, 0.3) is 0 Å². The van der Waals surface area contributed by atoms with Gasteiger partial charge in [-0.05, 0) is 25.7 Å². The van der Waals surface area contributed by atoms with Gasteiger partial charge in [0.1, 0.15) is 6.10 Å². The van der Waals surface area contributed by atoms with Gasteiger partial charge in [-0.3, -0.25) is 9.59 Å². The second-order valence-electron chi connectivity index (χ2n) is 6.17.